The predicted octanol–water partition coefficient (Wildman–Crippen LogP) is 6.56. The van der Waals surface area contributed by atoms with Gasteiger partial charge < -0.3 is 19.8 Å². The van der Waals surface area contributed by atoms with Gasteiger partial charge in [-0.3, -0.25) is 4.79 Å². The Morgan fingerprint density at radius 3 is 2.57 bits per heavy atom. The van der Waals surface area contributed by atoms with Crippen LogP contribution in [0.25, 0.3) is 11.3 Å². The van der Waals surface area contributed by atoms with Crippen LogP contribution >= 0.6 is 0 Å². The van der Waals surface area contributed by atoms with E-state index in [9.17, 15) is 4.79 Å². The van der Waals surface area contributed by atoms with E-state index in [1.807, 2.05) is 30.3 Å². The number of hydrogen-bond acceptors (Lipinski definition) is 8. The van der Waals surface area contributed by atoms with Crippen molar-refractivity contribution in [2.24, 2.45) is 0 Å². The van der Waals surface area contributed by atoms with Crippen molar-refractivity contribution in [2.45, 2.75) is 64.8 Å². The fraction of sp³-hybridized carbons (Fsp3) is 0.429. The Hall–Kier alpha value is -3.30. The number of pyridine rings is 1. The zero-order valence-corrected chi connectivity index (χ0v) is 23.8. The zero-order chi connectivity index (χ0) is 26.9. The second-order valence-electron chi connectivity index (χ2n) is 10.5. The first-order chi connectivity index (χ1) is 17.6. The van der Waals surface area contributed by atoms with Crippen LogP contribution in [-0.4, -0.2) is 42.9 Å². The van der Waals surface area contributed by atoms with E-state index in [0.29, 0.717) is 19.0 Å². The fourth-order valence-electron chi connectivity index (χ4n) is 3.29. The molecule has 0 aliphatic heterocycles. The highest BCUT2D eigenvalue weighted by atomic mass is 28.4. The monoisotopic (exact) mass is 521 g/mol. The number of ether oxygens (including phenoxy) is 1. The number of nitrogens with zero attached hydrogens (tertiary/aromatic N) is 3. The largest absolute Gasteiger partial charge is 0.469 e. The molecule has 1 aromatic carbocycles. The zero-order valence-electron chi connectivity index (χ0n) is 22.8. The number of benzene rings is 1. The third-order valence-electron chi connectivity index (χ3n) is 6.65. The van der Waals surface area contributed by atoms with E-state index < -0.39 is 8.32 Å². The van der Waals surface area contributed by atoms with E-state index in [1.54, 1.807) is 12.4 Å². The van der Waals surface area contributed by atoms with Crippen LogP contribution in [0.3, 0.4) is 0 Å². The van der Waals surface area contributed by atoms with Gasteiger partial charge in [-0.05, 0) is 66.9 Å². The Labute approximate surface area is 221 Å². The van der Waals surface area contributed by atoms with Crippen molar-refractivity contribution in [3.63, 3.8) is 0 Å². The third kappa shape index (κ3) is 8.65. The normalized spacial score (nSPS) is 11.7. The molecule has 0 saturated heterocycles. The molecule has 0 bridgehead atoms. The Balaban J connectivity index is 1.57. The quantitative estimate of drug-likeness (QED) is 0.157. The molecule has 0 saturated carbocycles. The van der Waals surface area contributed by atoms with Crippen molar-refractivity contribution >= 4 is 31.7 Å². The lowest BCUT2D eigenvalue weighted by atomic mass is 10.2. The molecule has 8 nitrogen and oxygen atoms in total. The second kappa shape index (κ2) is 12.8. The number of carbonyl (C=O) groups is 1. The molecule has 3 aromatic rings. The highest BCUT2D eigenvalue weighted by Gasteiger charge is 2.37. The number of unbranched alkanes of at least 4 members (excludes halogenated alkanes) is 1. The Bertz CT molecular complexity index is 1160. The van der Waals surface area contributed by atoms with Crippen LogP contribution in [0.4, 0.5) is 17.5 Å². The van der Waals surface area contributed by atoms with Crippen LogP contribution in [0, 0.1) is 0 Å². The van der Waals surface area contributed by atoms with E-state index in [1.165, 1.54) is 7.11 Å². The molecule has 0 spiro atoms. The summed E-state index contributed by atoms with van der Waals surface area (Å²) in [5.41, 5.74) is 3.71. The summed E-state index contributed by atoms with van der Waals surface area (Å²) >= 11 is 0. The standard InChI is InChI=1S/C28H39N5O3Si/c1-28(2,3)37(5,6)36-20-21-10-9-11-23(18-21)32-27-30-17-15-24(33-27)22-13-14-25(31-19-22)29-16-8-7-12-26(34)35-4/h9-11,13-15,17-19H,7-8,12,16,20H2,1-6H3,(H,29,31)(H,30,32,33). The van der Waals surface area contributed by atoms with Gasteiger partial charge in [0.1, 0.15) is 5.82 Å². The minimum Gasteiger partial charge on any atom is -0.469 e. The fourth-order valence-corrected chi connectivity index (χ4v) is 4.25. The number of rotatable bonds is 12. The minimum atomic E-state index is -1.82. The maximum absolute atomic E-state index is 11.2. The number of anilines is 3. The number of aromatic nitrogens is 3. The molecule has 198 valence electrons. The third-order valence-corrected chi connectivity index (χ3v) is 11.1. The summed E-state index contributed by atoms with van der Waals surface area (Å²) in [5, 5.41) is 6.76. The molecule has 2 heterocycles. The van der Waals surface area contributed by atoms with Crippen LogP contribution in [0.1, 0.15) is 45.6 Å². The molecule has 3 rings (SSSR count). The lowest BCUT2D eigenvalue weighted by molar-refractivity contribution is -0.140. The maximum Gasteiger partial charge on any atom is 0.305 e. The molecule has 9 heteroatoms. The van der Waals surface area contributed by atoms with Gasteiger partial charge in [-0.25, -0.2) is 15.0 Å². The number of methoxy groups -OCH3 is 1. The molecular weight excluding hydrogens is 482 g/mol. The summed E-state index contributed by atoms with van der Waals surface area (Å²) in [4.78, 5) is 24.7. The van der Waals surface area contributed by atoms with Crippen LogP contribution in [-0.2, 0) is 20.6 Å². The highest BCUT2D eigenvalue weighted by molar-refractivity contribution is 6.74. The molecule has 37 heavy (non-hydrogen) atoms. The van der Waals surface area contributed by atoms with Crippen molar-refractivity contribution in [2.75, 3.05) is 24.3 Å². The molecule has 0 amide bonds. The van der Waals surface area contributed by atoms with Gasteiger partial charge in [0, 0.05) is 36.6 Å². The number of hydrogen-bond donors (Lipinski definition) is 2. The van der Waals surface area contributed by atoms with Crippen LogP contribution in [0.2, 0.25) is 18.1 Å². The molecule has 2 aromatic heterocycles. The SMILES string of the molecule is COC(=O)CCCCNc1ccc(-c2ccnc(Nc3cccc(CO[Si](C)(C)C(C)(C)C)c3)n2)cn1. The lowest BCUT2D eigenvalue weighted by Gasteiger charge is -2.36. The van der Waals surface area contributed by atoms with Crippen molar-refractivity contribution in [1.82, 2.24) is 15.0 Å². The van der Waals surface area contributed by atoms with Gasteiger partial charge >= 0.3 is 5.97 Å². The molecule has 0 aliphatic carbocycles. The van der Waals surface area contributed by atoms with Gasteiger partial charge in [0.25, 0.3) is 0 Å². The summed E-state index contributed by atoms with van der Waals surface area (Å²) in [6, 6.07) is 13.9. The molecule has 0 aliphatic rings. The van der Waals surface area contributed by atoms with E-state index >= 15 is 0 Å². The van der Waals surface area contributed by atoms with Gasteiger partial charge in [0.2, 0.25) is 5.95 Å². The molecule has 0 atom stereocenters. The van der Waals surface area contributed by atoms with Gasteiger partial charge in [-0.15, -0.1) is 0 Å². The predicted molar refractivity (Wildman–Crippen MR) is 151 cm³/mol. The summed E-state index contributed by atoms with van der Waals surface area (Å²) in [5.74, 6) is 1.13. The average Bonchev–Trinajstić information content (AvgIpc) is 2.87. The van der Waals surface area contributed by atoms with Crippen LogP contribution in [0.5, 0.6) is 0 Å². The topological polar surface area (TPSA) is 98.3 Å². The van der Waals surface area contributed by atoms with Crippen LogP contribution in [0.15, 0.2) is 54.9 Å². The van der Waals surface area contributed by atoms with Crippen molar-refractivity contribution in [3.8, 4) is 11.3 Å². The summed E-state index contributed by atoms with van der Waals surface area (Å²) in [6.07, 6.45) is 5.61. The summed E-state index contributed by atoms with van der Waals surface area (Å²) in [6.45, 7) is 12.6. The lowest BCUT2D eigenvalue weighted by Crippen LogP contribution is -2.40. The van der Waals surface area contributed by atoms with Gasteiger partial charge in [0.15, 0.2) is 8.32 Å². The van der Waals surface area contributed by atoms with Crippen LogP contribution < -0.4 is 10.6 Å². The van der Waals surface area contributed by atoms with E-state index in [4.69, 9.17) is 4.43 Å². The van der Waals surface area contributed by atoms with Gasteiger partial charge in [0.05, 0.1) is 19.4 Å². The Morgan fingerprint density at radius 1 is 1.05 bits per heavy atom. The Kier molecular flexibility index (Phi) is 9.77. The first-order valence-corrected chi connectivity index (χ1v) is 15.6. The smallest absolute Gasteiger partial charge is 0.305 e. The molecule has 0 radical (unpaired) electrons. The molecule has 0 fully saturated rings. The van der Waals surface area contributed by atoms with Crippen molar-refractivity contribution in [1.29, 1.82) is 0 Å². The maximum atomic E-state index is 11.2. The van der Waals surface area contributed by atoms with Crippen molar-refractivity contribution < 1.29 is 14.0 Å². The van der Waals surface area contributed by atoms with Gasteiger partial charge in [-0.2, -0.15) is 0 Å². The second-order valence-corrected chi connectivity index (χ2v) is 15.3. The number of carbonyl (C=O) groups excluding carboxylic acids is 1. The summed E-state index contributed by atoms with van der Waals surface area (Å²) in [7, 11) is -0.408. The highest BCUT2D eigenvalue weighted by Crippen LogP contribution is 2.37. The average molecular weight is 522 g/mol. The van der Waals surface area contributed by atoms with Crippen molar-refractivity contribution in [3.05, 3.63) is 60.4 Å². The van der Waals surface area contributed by atoms with E-state index in [-0.39, 0.29) is 11.0 Å². The van der Waals surface area contributed by atoms with E-state index in [0.717, 1.165) is 47.7 Å². The van der Waals surface area contributed by atoms with Gasteiger partial charge in [-0.1, -0.05) is 32.9 Å². The first kappa shape index (κ1) is 28.3. The molecule has 2 N–H and O–H groups in total. The van der Waals surface area contributed by atoms with E-state index in [2.05, 4.69) is 76.3 Å². The summed E-state index contributed by atoms with van der Waals surface area (Å²) < 4.78 is 11.0. The number of nitrogens with one attached hydrogen (secondary N) is 2. The number of esters is 1. The Morgan fingerprint density at radius 2 is 1.86 bits per heavy atom. The minimum absolute atomic E-state index is 0.173. The molecule has 0 unspecified atom stereocenters. The molecular formula is C28H39N5O3Si. The first-order valence-electron chi connectivity index (χ1n) is 12.7.